The van der Waals surface area contributed by atoms with Gasteiger partial charge in [0.15, 0.2) is 10.8 Å². The molecule has 180 valence electrons. The van der Waals surface area contributed by atoms with Crippen LogP contribution in [0.4, 0.5) is 24.5 Å². The molecule has 0 unspecified atom stereocenters. The summed E-state index contributed by atoms with van der Waals surface area (Å²) in [5.41, 5.74) is -1.67. The average molecular weight is 501 g/mol. The number of alkyl halides is 3. The van der Waals surface area contributed by atoms with E-state index in [4.69, 9.17) is 22.2 Å². The Kier molecular flexibility index (Phi) is 5.53. The van der Waals surface area contributed by atoms with Crippen LogP contribution in [0.3, 0.4) is 0 Å². The molecule has 2 aromatic rings. The number of carbonyl (C=O) groups is 1. The first-order valence-electron chi connectivity index (χ1n) is 10.9. The van der Waals surface area contributed by atoms with Gasteiger partial charge in [0, 0.05) is 11.3 Å². The average Bonchev–Trinajstić information content (AvgIpc) is 3.05. The molecule has 1 saturated heterocycles. The van der Waals surface area contributed by atoms with Crippen molar-refractivity contribution in [2.24, 2.45) is 0 Å². The minimum absolute atomic E-state index is 0.0540. The van der Waals surface area contributed by atoms with Crippen LogP contribution in [-0.2, 0) is 15.7 Å². The molecule has 3 heterocycles. The Morgan fingerprint density at radius 2 is 1.94 bits per heavy atom. The second-order valence-electron chi connectivity index (χ2n) is 8.66. The molecule has 1 spiro atoms. The summed E-state index contributed by atoms with van der Waals surface area (Å²) >= 11 is 5.61. The maximum absolute atomic E-state index is 13.5. The molecule has 2 aliphatic heterocycles. The van der Waals surface area contributed by atoms with Crippen molar-refractivity contribution in [1.29, 1.82) is 5.26 Å². The van der Waals surface area contributed by atoms with E-state index in [-0.39, 0.29) is 17.4 Å². The van der Waals surface area contributed by atoms with Gasteiger partial charge in [-0.15, -0.1) is 0 Å². The molecule has 11 heteroatoms. The number of aliphatic hydroxyl groups excluding tert-OH is 1. The molecule has 1 aromatic carbocycles. The predicted octanol–water partition coefficient (Wildman–Crippen LogP) is 4.15. The summed E-state index contributed by atoms with van der Waals surface area (Å²) in [5, 5.41) is 18.7. The zero-order chi connectivity index (χ0) is 25.0. The molecule has 1 aromatic heterocycles. The molecular weight excluding hydrogens is 481 g/mol. The number of nitrogens with zero attached hydrogens (tertiary/aromatic N) is 4. The number of benzene rings is 1. The molecule has 5 rings (SSSR count). The molecule has 1 N–H and O–H groups in total. The van der Waals surface area contributed by atoms with E-state index in [0.717, 1.165) is 29.1 Å². The smallest absolute Gasteiger partial charge is 0.419 e. The predicted molar refractivity (Wildman–Crippen MR) is 124 cm³/mol. The summed E-state index contributed by atoms with van der Waals surface area (Å²) in [4.78, 5) is 20.0. The Hall–Kier alpha value is -3.49. The molecule has 35 heavy (non-hydrogen) atoms. The maximum atomic E-state index is 13.5. The molecule has 0 radical (unpaired) electrons. The van der Waals surface area contributed by atoms with Crippen LogP contribution in [0.15, 0.2) is 42.6 Å². The maximum Gasteiger partial charge on any atom is 0.419 e. The molecular formula is C24H19F3N4O3S. The van der Waals surface area contributed by atoms with Crippen molar-refractivity contribution >= 4 is 40.4 Å². The lowest BCUT2D eigenvalue weighted by Crippen LogP contribution is -2.55. The summed E-state index contributed by atoms with van der Waals surface area (Å²) in [6.45, 7) is 0.203. The first-order valence-corrected chi connectivity index (χ1v) is 11.3. The van der Waals surface area contributed by atoms with Crippen molar-refractivity contribution in [3.05, 3.63) is 59.4 Å². The second-order valence-corrected chi connectivity index (χ2v) is 9.02. The Balaban J connectivity index is 1.51. The third-order valence-electron chi connectivity index (χ3n) is 6.55. The van der Waals surface area contributed by atoms with Gasteiger partial charge in [-0.25, -0.2) is 4.98 Å². The highest BCUT2D eigenvalue weighted by Gasteiger charge is 2.59. The van der Waals surface area contributed by atoms with Crippen LogP contribution < -0.4 is 9.80 Å². The summed E-state index contributed by atoms with van der Waals surface area (Å²) in [5.74, 6) is 0.231. The van der Waals surface area contributed by atoms with Crippen LogP contribution in [0.5, 0.6) is 0 Å². The number of halogens is 3. The number of hydrogen-bond acceptors (Lipinski definition) is 6. The van der Waals surface area contributed by atoms with Crippen molar-refractivity contribution in [2.45, 2.75) is 43.5 Å². The van der Waals surface area contributed by atoms with E-state index >= 15 is 0 Å². The normalized spacial score (nSPS) is 21.5. The minimum Gasteiger partial charge on any atom is -0.491 e. The topological polar surface area (TPSA) is 89.7 Å². The number of ether oxygens (including phenoxy) is 1. The molecule has 1 amide bonds. The Labute approximate surface area is 204 Å². The lowest BCUT2D eigenvalue weighted by molar-refractivity contribution is -0.138. The highest BCUT2D eigenvalue weighted by Crippen LogP contribution is 2.48. The van der Waals surface area contributed by atoms with E-state index in [9.17, 15) is 23.1 Å². The van der Waals surface area contributed by atoms with Crippen LogP contribution in [0.25, 0.3) is 5.76 Å². The summed E-state index contributed by atoms with van der Waals surface area (Å²) in [6.07, 6.45) is -0.203. The summed E-state index contributed by atoms with van der Waals surface area (Å²) in [7, 11) is 0. The van der Waals surface area contributed by atoms with Crippen molar-refractivity contribution in [2.75, 3.05) is 16.4 Å². The van der Waals surface area contributed by atoms with Gasteiger partial charge >= 0.3 is 6.18 Å². The fourth-order valence-electron chi connectivity index (χ4n) is 4.62. The molecule has 1 aliphatic carbocycles. The standard InChI is InChI=1S/C24H19F3N4O3S/c25-24(26,27)18-10-16(12-29-19(18)11-28)30-21(33)23(8-1-9-23)31(22(30)35)15-4-2-14(3-5-15)20-7-6-17(32)13-34-20/h2-5,7,10,12,17,32H,1,6,8-9,13H2/t17-/m0/s1. The van der Waals surface area contributed by atoms with Crippen molar-refractivity contribution in [3.8, 4) is 6.07 Å². The number of aromatic nitrogens is 1. The van der Waals surface area contributed by atoms with Crippen LogP contribution in [0.2, 0.25) is 0 Å². The van der Waals surface area contributed by atoms with Crippen LogP contribution in [0, 0.1) is 11.3 Å². The fourth-order valence-corrected chi connectivity index (χ4v) is 5.09. The second kappa shape index (κ2) is 8.32. The van der Waals surface area contributed by atoms with Gasteiger partial charge in [0.2, 0.25) is 0 Å². The molecule has 3 aliphatic rings. The van der Waals surface area contributed by atoms with E-state index in [1.807, 2.05) is 12.1 Å². The van der Waals surface area contributed by atoms with Crippen LogP contribution in [0.1, 0.15) is 42.5 Å². The van der Waals surface area contributed by atoms with Crippen molar-refractivity contribution in [1.82, 2.24) is 4.98 Å². The Morgan fingerprint density at radius 1 is 1.23 bits per heavy atom. The zero-order valence-electron chi connectivity index (χ0n) is 18.2. The number of amides is 1. The lowest BCUT2D eigenvalue weighted by atomic mass is 9.75. The molecule has 7 nitrogen and oxygen atoms in total. The van der Waals surface area contributed by atoms with E-state index < -0.39 is 35.0 Å². The quantitative estimate of drug-likeness (QED) is 0.633. The lowest BCUT2D eigenvalue weighted by Gasteiger charge is -2.43. The van der Waals surface area contributed by atoms with Crippen molar-refractivity contribution in [3.63, 3.8) is 0 Å². The van der Waals surface area contributed by atoms with Crippen LogP contribution in [-0.4, -0.2) is 39.4 Å². The van der Waals surface area contributed by atoms with Gasteiger partial charge in [0.25, 0.3) is 5.91 Å². The molecule has 1 atom stereocenters. The van der Waals surface area contributed by atoms with Gasteiger partial charge in [-0.2, -0.15) is 18.4 Å². The SMILES string of the molecule is N#Cc1ncc(N2C(=O)C3(CCC3)N(c3ccc(C4=CC[C@H](O)CO4)cc3)C2=S)cc1C(F)(F)F. The van der Waals surface area contributed by atoms with Gasteiger partial charge in [-0.05, 0) is 74.3 Å². The number of thiocarbonyl (C=S) groups is 1. The minimum atomic E-state index is -4.81. The largest absolute Gasteiger partial charge is 0.491 e. The monoisotopic (exact) mass is 500 g/mol. The third kappa shape index (κ3) is 3.73. The highest BCUT2D eigenvalue weighted by atomic mass is 32.1. The summed E-state index contributed by atoms with van der Waals surface area (Å²) in [6, 6.07) is 9.38. The van der Waals surface area contributed by atoms with Gasteiger partial charge in [0.1, 0.15) is 24.0 Å². The fraction of sp³-hybridized carbons (Fsp3) is 0.333. The Bertz CT molecular complexity index is 1280. The number of carbonyl (C=O) groups excluding carboxylic acids is 1. The number of aliphatic hydroxyl groups is 1. The van der Waals surface area contributed by atoms with E-state index in [2.05, 4.69) is 4.98 Å². The molecule has 0 bridgehead atoms. The van der Waals surface area contributed by atoms with E-state index in [0.29, 0.717) is 30.7 Å². The number of rotatable bonds is 3. The highest BCUT2D eigenvalue weighted by molar-refractivity contribution is 7.81. The van der Waals surface area contributed by atoms with Crippen molar-refractivity contribution < 1.29 is 27.8 Å². The summed E-state index contributed by atoms with van der Waals surface area (Å²) < 4.78 is 46.1. The Morgan fingerprint density at radius 3 is 2.49 bits per heavy atom. The van der Waals surface area contributed by atoms with Gasteiger partial charge in [-0.3, -0.25) is 9.69 Å². The first kappa shape index (κ1) is 23.3. The number of pyridine rings is 1. The number of nitriles is 1. The number of hydrogen-bond donors (Lipinski definition) is 1. The van der Waals surface area contributed by atoms with E-state index in [1.54, 1.807) is 23.1 Å². The molecule has 2 fully saturated rings. The van der Waals surface area contributed by atoms with Gasteiger partial charge < -0.3 is 14.7 Å². The molecule has 1 saturated carbocycles. The van der Waals surface area contributed by atoms with Gasteiger partial charge in [-0.1, -0.05) is 0 Å². The van der Waals surface area contributed by atoms with Crippen LogP contribution >= 0.6 is 12.2 Å². The number of anilines is 2. The van der Waals surface area contributed by atoms with E-state index in [1.165, 1.54) is 6.07 Å². The third-order valence-corrected chi connectivity index (χ3v) is 6.92. The zero-order valence-corrected chi connectivity index (χ0v) is 19.1. The van der Waals surface area contributed by atoms with Gasteiger partial charge in [0.05, 0.1) is 23.6 Å². The first-order chi connectivity index (χ1) is 16.7.